The molecule has 2 aromatic carbocycles. The van der Waals surface area contributed by atoms with Gasteiger partial charge in [0.25, 0.3) is 5.69 Å². The van der Waals surface area contributed by atoms with Crippen molar-refractivity contribution in [1.82, 2.24) is 0 Å². The number of alkyl halides is 1. The highest BCUT2D eigenvalue weighted by Gasteiger charge is 2.18. The molecule has 0 bridgehead atoms. The third-order valence-electron chi connectivity index (χ3n) is 2.35. The minimum Gasteiger partial charge on any atom is -0.258 e. The van der Waals surface area contributed by atoms with Crippen LogP contribution in [-0.2, 0) is 0 Å². The van der Waals surface area contributed by atoms with Crippen LogP contribution in [0.5, 0.6) is 0 Å². The van der Waals surface area contributed by atoms with Crippen molar-refractivity contribution in [1.29, 1.82) is 0 Å². The summed E-state index contributed by atoms with van der Waals surface area (Å²) in [5.74, 6) is 0. The van der Waals surface area contributed by atoms with E-state index >= 15 is 0 Å². The van der Waals surface area contributed by atoms with Gasteiger partial charge in [-0.1, -0.05) is 54.2 Å². The number of halogens is 1. The maximum Gasteiger partial charge on any atom is 0.282 e. The summed E-state index contributed by atoms with van der Waals surface area (Å²) >= 11 is 0.843. The van der Waals surface area contributed by atoms with Gasteiger partial charge in [0.05, 0.1) is 9.82 Å². The molecule has 0 N–H and O–H groups in total. The summed E-state index contributed by atoms with van der Waals surface area (Å²) in [5, 5.41) is 10.8. The van der Waals surface area contributed by atoms with Crippen LogP contribution in [0.15, 0.2) is 59.5 Å². The van der Waals surface area contributed by atoms with Gasteiger partial charge in [-0.15, -0.1) is 0 Å². The highest BCUT2D eigenvalue weighted by atomic mass is 32.2. The van der Waals surface area contributed by atoms with E-state index in [0.717, 1.165) is 11.8 Å². The number of thioether (sulfide) groups is 1. The van der Waals surface area contributed by atoms with Crippen LogP contribution >= 0.6 is 11.8 Å². The second-order valence-electron chi connectivity index (χ2n) is 3.57. The maximum absolute atomic E-state index is 14.0. The fraction of sp³-hybridized carbons (Fsp3) is 0.0769. The number of hydrogen-bond donors (Lipinski definition) is 0. The zero-order valence-electron chi connectivity index (χ0n) is 9.32. The first-order valence-electron chi connectivity index (χ1n) is 5.27. The molecule has 0 saturated heterocycles. The van der Waals surface area contributed by atoms with Gasteiger partial charge in [-0.3, -0.25) is 10.1 Å². The van der Waals surface area contributed by atoms with Crippen LogP contribution in [0.4, 0.5) is 10.1 Å². The average Bonchev–Trinajstić information content (AvgIpc) is 2.40. The number of nitrogens with zero attached hydrogens (tertiary/aromatic N) is 1. The quantitative estimate of drug-likeness (QED) is 0.467. The standard InChI is InChI=1S/C13H10FNO2S/c14-13(10-6-2-1-3-7-10)18-12-9-5-4-8-11(12)15(16)17/h1-9,13H. The van der Waals surface area contributed by atoms with Crippen molar-refractivity contribution in [3.05, 3.63) is 70.3 Å². The van der Waals surface area contributed by atoms with Crippen molar-refractivity contribution < 1.29 is 9.31 Å². The van der Waals surface area contributed by atoms with E-state index in [-0.39, 0.29) is 5.69 Å². The third-order valence-corrected chi connectivity index (χ3v) is 3.43. The Labute approximate surface area is 108 Å². The predicted octanol–water partition coefficient (Wildman–Crippen LogP) is 4.36. The largest absolute Gasteiger partial charge is 0.282 e. The van der Waals surface area contributed by atoms with Crippen LogP contribution in [0.25, 0.3) is 0 Å². The van der Waals surface area contributed by atoms with Gasteiger partial charge in [0.15, 0.2) is 5.50 Å². The van der Waals surface area contributed by atoms with Crippen molar-refractivity contribution >= 4 is 17.4 Å². The van der Waals surface area contributed by atoms with E-state index in [9.17, 15) is 14.5 Å². The first kappa shape index (κ1) is 12.6. The number of hydrogen-bond acceptors (Lipinski definition) is 3. The molecule has 92 valence electrons. The molecule has 2 aromatic rings. The summed E-state index contributed by atoms with van der Waals surface area (Å²) in [6.07, 6.45) is 0. The lowest BCUT2D eigenvalue weighted by molar-refractivity contribution is -0.387. The van der Waals surface area contributed by atoms with E-state index in [0.29, 0.717) is 10.5 Å². The molecule has 0 spiro atoms. The molecule has 0 aliphatic carbocycles. The van der Waals surface area contributed by atoms with Crippen LogP contribution in [-0.4, -0.2) is 4.92 Å². The van der Waals surface area contributed by atoms with E-state index < -0.39 is 10.4 Å². The number of rotatable bonds is 4. The Kier molecular flexibility index (Phi) is 3.94. The van der Waals surface area contributed by atoms with E-state index in [1.165, 1.54) is 6.07 Å². The van der Waals surface area contributed by atoms with Crippen molar-refractivity contribution in [3.8, 4) is 0 Å². The average molecular weight is 263 g/mol. The van der Waals surface area contributed by atoms with Crippen molar-refractivity contribution in [2.75, 3.05) is 0 Å². The Morgan fingerprint density at radius 1 is 1.06 bits per heavy atom. The van der Waals surface area contributed by atoms with Crippen molar-refractivity contribution in [3.63, 3.8) is 0 Å². The second-order valence-corrected chi connectivity index (χ2v) is 4.66. The molecule has 3 nitrogen and oxygen atoms in total. The third kappa shape index (κ3) is 2.87. The normalized spacial score (nSPS) is 12.1. The maximum atomic E-state index is 14.0. The van der Waals surface area contributed by atoms with Crippen molar-refractivity contribution in [2.24, 2.45) is 0 Å². The fourth-order valence-corrected chi connectivity index (χ4v) is 2.43. The molecule has 2 rings (SSSR count). The van der Waals surface area contributed by atoms with Crippen LogP contribution in [0.2, 0.25) is 0 Å². The molecular formula is C13H10FNO2S. The minimum atomic E-state index is -1.31. The molecule has 0 amide bonds. The first-order chi connectivity index (χ1) is 8.68. The lowest BCUT2D eigenvalue weighted by atomic mass is 10.2. The Bertz CT molecular complexity index is 548. The predicted molar refractivity (Wildman–Crippen MR) is 69.2 cm³/mol. The van der Waals surface area contributed by atoms with E-state index in [2.05, 4.69) is 0 Å². The van der Waals surface area contributed by atoms with E-state index in [1.807, 2.05) is 0 Å². The Morgan fingerprint density at radius 2 is 1.67 bits per heavy atom. The summed E-state index contributed by atoms with van der Waals surface area (Å²) < 4.78 is 14.0. The molecule has 0 fully saturated rings. The van der Waals surface area contributed by atoms with Gasteiger partial charge in [-0.05, 0) is 11.6 Å². The molecule has 0 radical (unpaired) electrons. The van der Waals surface area contributed by atoms with Gasteiger partial charge in [-0.2, -0.15) is 0 Å². The lowest BCUT2D eigenvalue weighted by Gasteiger charge is -2.08. The molecule has 0 aromatic heterocycles. The number of nitro benzene ring substituents is 1. The monoisotopic (exact) mass is 263 g/mol. The van der Waals surface area contributed by atoms with E-state index in [1.54, 1.807) is 48.5 Å². The molecule has 0 heterocycles. The Morgan fingerprint density at radius 3 is 2.33 bits per heavy atom. The second kappa shape index (κ2) is 5.64. The first-order valence-corrected chi connectivity index (χ1v) is 6.15. The highest BCUT2D eigenvalue weighted by molar-refractivity contribution is 7.99. The lowest BCUT2D eigenvalue weighted by Crippen LogP contribution is -1.92. The Balaban J connectivity index is 2.22. The molecule has 1 unspecified atom stereocenters. The SMILES string of the molecule is O=[N+]([O-])c1ccccc1SC(F)c1ccccc1. The van der Waals surface area contributed by atoms with Crippen LogP contribution in [0.1, 0.15) is 11.1 Å². The van der Waals surface area contributed by atoms with Gasteiger partial charge in [0.1, 0.15) is 0 Å². The molecule has 0 aliphatic heterocycles. The number of benzene rings is 2. The van der Waals surface area contributed by atoms with Crippen LogP contribution < -0.4 is 0 Å². The molecule has 1 atom stereocenters. The summed E-state index contributed by atoms with van der Waals surface area (Å²) in [4.78, 5) is 10.6. The molecule has 18 heavy (non-hydrogen) atoms. The van der Waals surface area contributed by atoms with Gasteiger partial charge in [-0.25, -0.2) is 4.39 Å². The molecular weight excluding hydrogens is 253 g/mol. The summed E-state index contributed by atoms with van der Waals surface area (Å²) in [6.45, 7) is 0. The summed E-state index contributed by atoms with van der Waals surface area (Å²) in [7, 11) is 0. The van der Waals surface area contributed by atoms with Gasteiger partial charge >= 0.3 is 0 Å². The zero-order valence-corrected chi connectivity index (χ0v) is 10.1. The van der Waals surface area contributed by atoms with E-state index in [4.69, 9.17) is 0 Å². The van der Waals surface area contributed by atoms with Gasteiger partial charge in [0, 0.05) is 6.07 Å². The zero-order chi connectivity index (χ0) is 13.0. The molecule has 0 aliphatic rings. The summed E-state index contributed by atoms with van der Waals surface area (Å²) in [5.41, 5.74) is -0.881. The van der Waals surface area contributed by atoms with Gasteiger partial charge < -0.3 is 0 Å². The molecule has 0 saturated carbocycles. The van der Waals surface area contributed by atoms with Crippen molar-refractivity contribution in [2.45, 2.75) is 10.4 Å². The highest BCUT2D eigenvalue weighted by Crippen LogP contribution is 2.40. The fourth-order valence-electron chi connectivity index (χ4n) is 1.49. The molecule has 5 heteroatoms. The number of para-hydroxylation sites is 1. The van der Waals surface area contributed by atoms with Crippen LogP contribution in [0.3, 0.4) is 0 Å². The Hall–Kier alpha value is -1.88. The summed E-state index contributed by atoms with van der Waals surface area (Å²) in [6, 6.07) is 14.7. The minimum absolute atomic E-state index is 0.0684. The van der Waals surface area contributed by atoms with Gasteiger partial charge in [0.2, 0.25) is 0 Å². The number of nitro groups is 1. The topological polar surface area (TPSA) is 43.1 Å². The smallest absolute Gasteiger partial charge is 0.258 e. The van der Waals surface area contributed by atoms with Crippen LogP contribution in [0, 0.1) is 10.1 Å².